The quantitative estimate of drug-likeness (QED) is 0.648. The van der Waals surface area contributed by atoms with Crippen LogP contribution in [0.1, 0.15) is 23.7 Å². The normalized spacial score (nSPS) is 24.1. The molecule has 1 saturated heterocycles. The van der Waals surface area contributed by atoms with Crippen LogP contribution < -0.4 is 0 Å². The minimum absolute atomic E-state index is 0.0423. The molecule has 2 atom stereocenters. The molecular formula is C13H14Br2ClNO. The maximum absolute atomic E-state index is 12.4. The lowest BCUT2D eigenvalue weighted by atomic mass is 9.98. The molecule has 1 aliphatic rings. The number of nitrogens with zero attached hydrogens (tertiary/aromatic N) is 1. The van der Waals surface area contributed by atoms with Gasteiger partial charge in [0.1, 0.15) is 0 Å². The van der Waals surface area contributed by atoms with Crippen molar-refractivity contribution in [2.24, 2.45) is 5.92 Å². The van der Waals surface area contributed by atoms with Gasteiger partial charge in [0.05, 0.1) is 5.56 Å². The second kappa shape index (κ2) is 5.93. The first kappa shape index (κ1) is 14.4. The fraction of sp³-hybridized carbons (Fsp3) is 0.462. The van der Waals surface area contributed by atoms with Crippen molar-refractivity contribution in [3.8, 4) is 0 Å². The number of hydrogen-bond acceptors (Lipinski definition) is 1. The van der Waals surface area contributed by atoms with Crippen LogP contribution in [0.15, 0.2) is 22.7 Å². The average Bonchev–Trinajstić information content (AvgIpc) is 2.35. The first-order valence-corrected chi connectivity index (χ1v) is 7.96. The van der Waals surface area contributed by atoms with E-state index < -0.39 is 0 Å². The van der Waals surface area contributed by atoms with E-state index in [0.717, 1.165) is 24.0 Å². The van der Waals surface area contributed by atoms with Gasteiger partial charge in [-0.25, -0.2) is 0 Å². The van der Waals surface area contributed by atoms with E-state index in [1.807, 2.05) is 11.0 Å². The Bertz CT molecular complexity index is 466. The van der Waals surface area contributed by atoms with Gasteiger partial charge in [-0.2, -0.15) is 0 Å². The molecule has 0 bridgehead atoms. The maximum atomic E-state index is 12.4. The molecule has 5 heteroatoms. The highest BCUT2D eigenvalue weighted by atomic mass is 79.9. The molecule has 0 radical (unpaired) electrons. The standard InChI is InChI=1S/C13H14Br2ClNO/c1-8-4-5-17(7-12(8)15)13(18)10-6-9(16)2-3-11(10)14/h2-3,6,8,12H,4-5,7H2,1H3. The molecule has 1 aliphatic heterocycles. The molecule has 0 N–H and O–H groups in total. The summed E-state index contributed by atoms with van der Waals surface area (Å²) in [5.41, 5.74) is 0.636. The van der Waals surface area contributed by atoms with Crippen molar-refractivity contribution in [1.82, 2.24) is 4.90 Å². The summed E-state index contributed by atoms with van der Waals surface area (Å²) in [6.45, 7) is 3.76. The Morgan fingerprint density at radius 1 is 1.50 bits per heavy atom. The minimum Gasteiger partial charge on any atom is -0.337 e. The summed E-state index contributed by atoms with van der Waals surface area (Å²) >= 11 is 13.0. The average molecular weight is 396 g/mol. The van der Waals surface area contributed by atoms with Gasteiger partial charge in [0.15, 0.2) is 0 Å². The Labute approximate surface area is 129 Å². The molecule has 2 rings (SSSR count). The molecule has 2 nitrogen and oxygen atoms in total. The van der Waals surface area contributed by atoms with Crippen LogP contribution in [0.25, 0.3) is 0 Å². The predicted octanol–water partition coefficient (Wildman–Crippen LogP) is 4.35. The molecule has 1 fully saturated rings. The molecule has 98 valence electrons. The number of carbonyl (C=O) groups is 1. The number of benzene rings is 1. The number of rotatable bonds is 1. The van der Waals surface area contributed by atoms with Crippen molar-refractivity contribution in [3.05, 3.63) is 33.3 Å². The van der Waals surface area contributed by atoms with Crippen molar-refractivity contribution in [1.29, 1.82) is 0 Å². The first-order chi connectivity index (χ1) is 8.49. The van der Waals surface area contributed by atoms with Gasteiger partial charge in [0, 0.05) is 27.4 Å². The number of likely N-dealkylation sites (tertiary alicyclic amines) is 1. The summed E-state index contributed by atoms with van der Waals surface area (Å²) < 4.78 is 0.793. The number of carbonyl (C=O) groups excluding carboxylic acids is 1. The third-order valence-electron chi connectivity index (χ3n) is 3.31. The largest absolute Gasteiger partial charge is 0.337 e. The maximum Gasteiger partial charge on any atom is 0.255 e. The van der Waals surface area contributed by atoms with Crippen LogP contribution in [0.2, 0.25) is 5.02 Å². The summed E-state index contributed by atoms with van der Waals surface area (Å²) in [5.74, 6) is 0.651. The van der Waals surface area contributed by atoms with E-state index in [1.165, 1.54) is 0 Å². The number of piperidine rings is 1. The fourth-order valence-corrected chi connectivity index (χ4v) is 3.24. The Kier molecular flexibility index (Phi) is 4.73. The van der Waals surface area contributed by atoms with Crippen LogP contribution in [0.4, 0.5) is 0 Å². The van der Waals surface area contributed by atoms with Gasteiger partial charge >= 0.3 is 0 Å². The lowest BCUT2D eigenvalue weighted by Crippen LogP contribution is -2.43. The first-order valence-electron chi connectivity index (χ1n) is 5.87. The fourth-order valence-electron chi connectivity index (χ4n) is 2.04. The van der Waals surface area contributed by atoms with Gasteiger partial charge in [0.25, 0.3) is 5.91 Å². The zero-order valence-electron chi connectivity index (χ0n) is 10.00. The van der Waals surface area contributed by atoms with Gasteiger partial charge < -0.3 is 4.90 Å². The summed E-state index contributed by atoms with van der Waals surface area (Å²) in [4.78, 5) is 14.7. The summed E-state index contributed by atoms with van der Waals surface area (Å²) in [6.07, 6.45) is 1.03. The second-order valence-corrected chi connectivity index (χ2v) is 7.12. The number of amides is 1. The second-order valence-electron chi connectivity index (χ2n) is 4.66. The highest BCUT2D eigenvalue weighted by Gasteiger charge is 2.28. The molecule has 18 heavy (non-hydrogen) atoms. The van der Waals surface area contributed by atoms with Gasteiger partial charge in [0.2, 0.25) is 0 Å². The molecular weight excluding hydrogens is 381 g/mol. The molecule has 2 unspecified atom stereocenters. The van der Waals surface area contributed by atoms with Crippen molar-refractivity contribution < 1.29 is 4.79 Å². The molecule has 0 saturated carbocycles. The van der Waals surface area contributed by atoms with E-state index in [1.54, 1.807) is 12.1 Å². The van der Waals surface area contributed by atoms with Crippen molar-refractivity contribution in [2.45, 2.75) is 18.2 Å². The molecule has 1 aromatic carbocycles. The van der Waals surface area contributed by atoms with Crippen LogP contribution in [0, 0.1) is 5.92 Å². The Hall–Kier alpha value is -0.0600. The molecule has 1 amide bonds. The van der Waals surface area contributed by atoms with Crippen LogP contribution in [0.5, 0.6) is 0 Å². The van der Waals surface area contributed by atoms with E-state index in [2.05, 4.69) is 38.8 Å². The number of hydrogen-bond donors (Lipinski definition) is 0. The summed E-state index contributed by atoms with van der Waals surface area (Å²) in [5, 5.41) is 0.585. The lowest BCUT2D eigenvalue weighted by molar-refractivity contribution is 0.0705. The monoisotopic (exact) mass is 393 g/mol. The Balaban J connectivity index is 2.19. The van der Waals surface area contributed by atoms with Crippen LogP contribution in [-0.2, 0) is 0 Å². The van der Waals surface area contributed by atoms with Gasteiger partial charge in [-0.3, -0.25) is 4.79 Å². The Morgan fingerprint density at radius 2 is 2.22 bits per heavy atom. The van der Waals surface area contributed by atoms with E-state index in [0.29, 0.717) is 21.3 Å². The van der Waals surface area contributed by atoms with Crippen molar-refractivity contribution >= 4 is 49.4 Å². The summed E-state index contributed by atoms with van der Waals surface area (Å²) in [6, 6.07) is 5.30. The topological polar surface area (TPSA) is 20.3 Å². The van der Waals surface area contributed by atoms with Crippen molar-refractivity contribution in [2.75, 3.05) is 13.1 Å². The van der Waals surface area contributed by atoms with E-state index >= 15 is 0 Å². The van der Waals surface area contributed by atoms with Crippen LogP contribution >= 0.6 is 43.5 Å². The molecule has 1 heterocycles. The van der Waals surface area contributed by atoms with E-state index in [-0.39, 0.29) is 5.91 Å². The predicted molar refractivity (Wildman–Crippen MR) is 81.6 cm³/mol. The smallest absolute Gasteiger partial charge is 0.255 e. The third kappa shape index (κ3) is 3.09. The van der Waals surface area contributed by atoms with E-state index in [4.69, 9.17) is 11.6 Å². The molecule has 0 spiro atoms. The highest BCUT2D eigenvalue weighted by molar-refractivity contribution is 9.10. The lowest BCUT2D eigenvalue weighted by Gasteiger charge is -2.34. The molecule has 1 aromatic rings. The SMILES string of the molecule is CC1CCN(C(=O)c2cc(Cl)ccc2Br)CC1Br. The summed E-state index contributed by atoms with van der Waals surface area (Å²) in [7, 11) is 0. The zero-order valence-corrected chi connectivity index (χ0v) is 13.9. The van der Waals surface area contributed by atoms with Crippen molar-refractivity contribution in [3.63, 3.8) is 0 Å². The Morgan fingerprint density at radius 3 is 2.89 bits per heavy atom. The zero-order chi connectivity index (χ0) is 13.3. The minimum atomic E-state index is 0.0423. The van der Waals surface area contributed by atoms with Gasteiger partial charge in [-0.1, -0.05) is 34.5 Å². The van der Waals surface area contributed by atoms with E-state index in [9.17, 15) is 4.79 Å². The molecule has 0 aliphatic carbocycles. The van der Waals surface area contributed by atoms with Gasteiger partial charge in [-0.15, -0.1) is 0 Å². The highest BCUT2D eigenvalue weighted by Crippen LogP contribution is 2.27. The number of halogens is 3. The van der Waals surface area contributed by atoms with Crippen LogP contribution in [0.3, 0.4) is 0 Å². The molecule has 0 aromatic heterocycles. The number of alkyl halides is 1. The van der Waals surface area contributed by atoms with Crippen LogP contribution in [-0.4, -0.2) is 28.7 Å². The van der Waals surface area contributed by atoms with Gasteiger partial charge in [-0.05, 0) is 46.5 Å². The third-order valence-corrected chi connectivity index (χ3v) is 5.43.